The number of amides is 2. The van der Waals surface area contributed by atoms with Gasteiger partial charge in [0.15, 0.2) is 0 Å². The van der Waals surface area contributed by atoms with Gasteiger partial charge in [-0.25, -0.2) is 4.79 Å². The summed E-state index contributed by atoms with van der Waals surface area (Å²) < 4.78 is 0. The lowest BCUT2D eigenvalue weighted by Gasteiger charge is -2.46. The number of carbonyl (C=O) groups excluding carboxylic acids is 1. The van der Waals surface area contributed by atoms with Gasteiger partial charge in [-0.05, 0) is 40.5 Å². The summed E-state index contributed by atoms with van der Waals surface area (Å²) in [6.07, 6.45) is 5.69. The molecular formula is C14H29N3O. The second-order valence-electron chi connectivity index (χ2n) is 6.41. The lowest BCUT2D eigenvalue weighted by Crippen LogP contribution is -2.61. The van der Waals surface area contributed by atoms with E-state index in [0.717, 1.165) is 19.4 Å². The third-order valence-electron chi connectivity index (χ3n) is 3.78. The van der Waals surface area contributed by atoms with Gasteiger partial charge in [-0.15, -0.1) is 0 Å². The highest BCUT2D eigenvalue weighted by molar-refractivity contribution is 5.76. The highest BCUT2D eigenvalue weighted by Gasteiger charge is 2.39. The number of rotatable bonds is 3. The molecule has 1 fully saturated rings. The molecule has 106 valence electrons. The van der Waals surface area contributed by atoms with Crippen molar-refractivity contribution in [2.75, 3.05) is 13.1 Å². The van der Waals surface area contributed by atoms with Gasteiger partial charge in [0.1, 0.15) is 0 Å². The van der Waals surface area contributed by atoms with Crippen LogP contribution in [0.5, 0.6) is 0 Å². The van der Waals surface area contributed by atoms with Crippen LogP contribution in [0.3, 0.4) is 0 Å². The Morgan fingerprint density at radius 1 is 1.28 bits per heavy atom. The molecule has 4 heteroatoms. The van der Waals surface area contributed by atoms with Crippen molar-refractivity contribution in [1.29, 1.82) is 0 Å². The van der Waals surface area contributed by atoms with Crippen LogP contribution in [0.25, 0.3) is 0 Å². The van der Waals surface area contributed by atoms with E-state index in [-0.39, 0.29) is 17.1 Å². The zero-order valence-electron chi connectivity index (χ0n) is 12.4. The van der Waals surface area contributed by atoms with Crippen molar-refractivity contribution < 1.29 is 4.79 Å². The molecule has 0 heterocycles. The predicted molar refractivity (Wildman–Crippen MR) is 75.5 cm³/mol. The zero-order chi connectivity index (χ0) is 13.8. The predicted octanol–water partition coefficient (Wildman–Crippen LogP) is 2.48. The Labute approximate surface area is 111 Å². The van der Waals surface area contributed by atoms with E-state index < -0.39 is 0 Å². The largest absolute Gasteiger partial charge is 0.333 e. The van der Waals surface area contributed by atoms with Crippen molar-refractivity contribution in [2.45, 2.75) is 70.9 Å². The number of nitrogens with one attached hydrogen (secondary N) is 1. The second kappa shape index (κ2) is 5.91. The van der Waals surface area contributed by atoms with Crippen molar-refractivity contribution in [3.63, 3.8) is 0 Å². The fourth-order valence-corrected chi connectivity index (χ4v) is 2.88. The van der Waals surface area contributed by atoms with Crippen LogP contribution in [0.4, 0.5) is 4.79 Å². The first-order chi connectivity index (χ1) is 8.34. The number of nitrogens with zero attached hydrogens (tertiary/aromatic N) is 1. The van der Waals surface area contributed by atoms with E-state index in [0.29, 0.717) is 6.54 Å². The Hall–Kier alpha value is -0.770. The summed E-state index contributed by atoms with van der Waals surface area (Å²) in [5, 5.41) is 3.06. The van der Waals surface area contributed by atoms with E-state index in [1.807, 2.05) is 32.6 Å². The first kappa shape index (κ1) is 15.3. The number of hydrogen-bond donors (Lipinski definition) is 2. The third-order valence-corrected chi connectivity index (χ3v) is 3.78. The molecule has 0 spiro atoms. The van der Waals surface area contributed by atoms with Crippen molar-refractivity contribution in [1.82, 2.24) is 10.2 Å². The number of hydrogen-bond acceptors (Lipinski definition) is 2. The average Bonchev–Trinajstić information content (AvgIpc) is 2.28. The van der Waals surface area contributed by atoms with Crippen LogP contribution in [0.15, 0.2) is 0 Å². The van der Waals surface area contributed by atoms with Crippen molar-refractivity contribution in [3.05, 3.63) is 0 Å². The van der Waals surface area contributed by atoms with E-state index in [1.54, 1.807) is 0 Å². The van der Waals surface area contributed by atoms with Gasteiger partial charge in [0.05, 0.1) is 5.54 Å². The van der Waals surface area contributed by atoms with E-state index >= 15 is 0 Å². The van der Waals surface area contributed by atoms with Gasteiger partial charge >= 0.3 is 6.03 Å². The molecule has 0 aromatic rings. The van der Waals surface area contributed by atoms with Crippen molar-refractivity contribution in [3.8, 4) is 0 Å². The maximum atomic E-state index is 12.4. The molecule has 4 nitrogen and oxygen atoms in total. The van der Waals surface area contributed by atoms with Gasteiger partial charge in [0.2, 0.25) is 0 Å². The molecule has 1 aliphatic carbocycles. The van der Waals surface area contributed by atoms with Crippen LogP contribution in [0.1, 0.15) is 59.8 Å². The van der Waals surface area contributed by atoms with E-state index in [1.165, 1.54) is 19.3 Å². The SMILES string of the molecule is CCN(C(=O)NC(C)(C)C)C1(CN)CCCCC1. The Bertz CT molecular complexity index is 277. The van der Waals surface area contributed by atoms with Crippen LogP contribution in [-0.2, 0) is 0 Å². The summed E-state index contributed by atoms with van der Waals surface area (Å²) in [6, 6.07) is 0.0253. The van der Waals surface area contributed by atoms with Gasteiger partial charge < -0.3 is 16.0 Å². The van der Waals surface area contributed by atoms with Gasteiger partial charge in [-0.3, -0.25) is 0 Å². The summed E-state index contributed by atoms with van der Waals surface area (Å²) in [5.74, 6) is 0. The van der Waals surface area contributed by atoms with Crippen LogP contribution in [0.2, 0.25) is 0 Å². The molecule has 0 aromatic carbocycles. The van der Waals surface area contributed by atoms with Crippen LogP contribution >= 0.6 is 0 Å². The molecule has 1 rings (SSSR count). The first-order valence-electron chi connectivity index (χ1n) is 7.14. The molecule has 0 unspecified atom stereocenters. The Morgan fingerprint density at radius 2 is 1.83 bits per heavy atom. The van der Waals surface area contributed by atoms with Gasteiger partial charge in [0.25, 0.3) is 0 Å². The first-order valence-corrected chi connectivity index (χ1v) is 7.14. The molecular weight excluding hydrogens is 226 g/mol. The van der Waals surface area contributed by atoms with Gasteiger partial charge in [-0.1, -0.05) is 19.3 Å². The summed E-state index contributed by atoms with van der Waals surface area (Å²) in [4.78, 5) is 14.4. The number of nitrogens with two attached hydrogens (primary N) is 1. The molecule has 1 aliphatic rings. The molecule has 1 saturated carbocycles. The third kappa shape index (κ3) is 3.61. The number of likely N-dealkylation sites (N-methyl/N-ethyl adjacent to an activating group) is 1. The molecule has 0 radical (unpaired) electrons. The smallest absolute Gasteiger partial charge is 0.318 e. The average molecular weight is 255 g/mol. The lowest BCUT2D eigenvalue weighted by molar-refractivity contribution is 0.0839. The molecule has 0 aliphatic heterocycles. The quantitative estimate of drug-likeness (QED) is 0.814. The molecule has 18 heavy (non-hydrogen) atoms. The standard InChI is InChI=1S/C14H29N3O/c1-5-17(12(18)16-13(2,3)4)14(11-15)9-7-6-8-10-14/h5-11,15H2,1-4H3,(H,16,18). The fraction of sp³-hybridized carbons (Fsp3) is 0.929. The normalized spacial score (nSPS) is 19.4. The summed E-state index contributed by atoms with van der Waals surface area (Å²) in [5.41, 5.74) is 5.67. The Morgan fingerprint density at radius 3 is 2.22 bits per heavy atom. The topological polar surface area (TPSA) is 58.4 Å². The van der Waals surface area contributed by atoms with Crippen LogP contribution < -0.4 is 11.1 Å². The molecule has 2 amide bonds. The fourth-order valence-electron chi connectivity index (χ4n) is 2.88. The minimum absolute atomic E-state index is 0.0253. The zero-order valence-corrected chi connectivity index (χ0v) is 12.4. The second-order valence-corrected chi connectivity index (χ2v) is 6.41. The highest BCUT2D eigenvalue weighted by atomic mass is 16.2. The summed E-state index contributed by atoms with van der Waals surface area (Å²) in [6.45, 7) is 9.35. The Kier molecular flexibility index (Phi) is 5.02. The minimum Gasteiger partial charge on any atom is -0.333 e. The highest BCUT2D eigenvalue weighted by Crippen LogP contribution is 2.33. The number of carbonyl (C=O) groups is 1. The maximum absolute atomic E-state index is 12.4. The summed E-state index contributed by atoms with van der Waals surface area (Å²) in [7, 11) is 0. The maximum Gasteiger partial charge on any atom is 0.318 e. The van der Waals surface area contributed by atoms with E-state index in [2.05, 4.69) is 5.32 Å². The number of urea groups is 1. The van der Waals surface area contributed by atoms with Gasteiger partial charge in [-0.2, -0.15) is 0 Å². The molecule has 0 atom stereocenters. The Balaban J connectivity index is 2.82. The van der Waals surface area contributed by atoms with Crippen molar-refractivity contribution >= 4 is 6.03 Å². The van der Waals surface area contributed by atoms with Crippen molar-refractivity contribution in [2.24, 2.45) is 5.73 Å². The molecule has 0 aromatic heterocycles. The monoisotopic (exact) mass is 255 g/mol. The molecule has 3 N–H and O–H groups in total. The lowest BCUT2D eigenvalue weighted by atomic mass is 9.80. The van der Waals surface area contributed by atoms with Gasteiger partial charge in [0, 0.05) is 18.6 Å². The minimum atomic E-state index is -0.199. The van der Waals surface area contributed by atoms with E-state index in [9.17, 15) is 4.79 Å². The van der Waals surface area contributed by atoms with Crippen LogP contribution in [-0.4, -0.2) is 35.1 Å². The summed E-state index contributed by atoms with van der Waals surface area (Å²) >= 11 is 0. The van der Waals surface area contributed by atoms with E-state index in [4.69, 9.17) is 5.73 Å². The molecule has 0 bridgehead atoms. The van der Waals surface area contributed by atoms with Crippen LogP contribution in [0, 0.1) is 0 Å². The molecule has 0 saturated heterocycles.